The van der Waals surface area contributed by atoms with Gasteiger partial charge < -0.3 is 5.11 Å². The van der Waals surface area contributed by atoms with Gasteiger partial charge in [-0.15, -0.1) is 5.10 Å². The van der Waals surface area contributed by atoms with Gasteiger partial charge in [0.1, 0.15) is 0 Å². The monoisotopic (exact) mass is 531 g/mol. The molecule has 1 N–H and O–H groups in total. The molecule has 1 aromatic heterocycles. The molecule has 1 unspecified atom stereocenters. The number of halogens is 1. The molecule has 9 heteroatoms. The summed E-state index contributed by atoms with van der Waals surface area (Å²) in [7, 11) is 1.69. The molecule has 0 radical (unpaired) electrons. The van der Waals surface area contributed by atoms with E-state index in [1.54, 1.807) is 36.3 Å². The van der Waals surface area contributed by atoms with Gasteiger partial charge in [0, 0.05) is 18.0 Å². The van der Waals surface area contributed by atoms with Crippen molar-refractivity contribution in [3.63, 3.8) is 0 Å². The van der Waals surface area contributed by atoms with Crippen LogP contribution < -0.4 is 10.7 Å². The first kappa shape index (κ1) is 26.9. The molecule has 0 saturated carbocycles. The fourth-order valence-corrected chi connectivity index (χ4v) is 4.48. The molecule has 3 aromatic carbocycles. The maximum atomic E-state index is 12.9. The van der Waals surface area contributed by atoms with Gasteiger partial charge in [-0.25, -0.2) is 19.3 Å². The molecule has 0 amide bonds. The molecule has 196 valence electrons. The zero-order valence-electron chi connectivity index (χ0n) is 21.6. The van der Waals surface area contributed by atoms with Crippen LogP contribution in [0.25, 0.3) is 0 Å². The summed E-state index contributed by atoms with van der Waals surface area (Å²) in [6.45, 7) is 4.91. The van der Waals surface area contributed by atoms with Crippen molar-refractivity contribution >= 4 is 29.2 Å². The minimum Gasteiger partial charge on any atom is -0.478 e. The highest BCUT2D eigenvalue weighted by atomic mass is 35.5. The normalized spacial score (nSPS) is 14.6. The van der Waals surface area contributed by atoms with Crippen molar-refractivity contribution in [2.45, 2.75) is 32.7 Å². The molecule has 4 aromatic rings. The molecule has 38 heavy (non-hydrogen) atoms. The Morgan fingerprint density at radius 1 is 1.00 bits per heavy atom. The van der Waals surface area contributed by atoms with Crippen molar-refractivity contribution in [3.05, 3.63) is 117 Å². The number of hydrogen-bond acceptors (Lipinski definition) is 5. The number of hydrazone groups is 1. The van der Waals surface area contributed by atoms with E-state index in [4.69, 9.17) is 21.8 Å². The van der Waals surface area contributed by atoms with Crippen molar-refractivity contribution < 1.29 is 9.90 Å². The first-order valence-corrected chi connectivity index (χ1v) is 12.9. The molecule has 0 saturated heterocycles. The van der Waals surface area contributed by atoms with Crippen LogP contribution in [-0.2, 0) is 20.0 Å². The summed E-state index contributed by atoms with van der Waals surface area (Å²) in [4.78, 5) is 24.0. The fraction of sp³-hybridized carbons (Fsp3) is 0.241. The standard InChI is InChI=1S/C27H24ClN5O3.C2H6/c1-31-26(30-32(27(31)36)16-15-18-7-9-21(10-8-18)25(34)35)33-17-23(19-5-3-2-4-6-19)24(29-33)20-11-13-22(28)14-12-20;1-2/h2-14,23H,15-17H2,1H3,(H,34,35);1-2H3. The summed E-state index contributed by atoms with van der Waals surface area (Å²) in [5.41, 5.74) is 3.89. The fourth-order valence-electron chi connectivity index (χ4n) is 4.35. The van der Waals surface area contributed by atoms with E-state index in [2.05, 4.69) is 17.2 Å². The van der Waals surface area contributed by atoms with Crippen LogP contribution in [0.1, 0.15) is 46.8 Å². The first-order chi connectivity index (χ1) is 18.4. The number of aromatic carboxylic acids is 1. The Morgan fingerprint density at radius 3 is 2.29 bits per heavy atom. The summed E-state index contributed by atoms with van der Waals surface area (Å²) in [5, 5.41) is 21.0. The lowest BCUT2D eigenvalue weighted by Crippen LogP contribution is -2.25. The first-order valence-electron chi connectivity index (χ1n) is 12.5. The lowest BCUT2D eigenvalue weighted by atomic mass is 9.91. The smallest absolute Gasteiger partial charge is 0.347 e. The summed E-state index contributed by atoms with van der Waals surface area (Å²) in [6.07, 6.45) is 0.544. The molecular weight excluding hydrogens is 502 g/mol. The number of aryl methyl sites for hydroxylation is 2. The van der Waals surface area contributed by atoms with Gasteiger partial charge in [0.15, 0.2) is 0 Å². The highest BCUT2D eigenvalue weighted by Crippen LogP contribution is 2.31. The molecule has 0 bridgehead atoms. The predicted octanol–water partition coefficient (Wildman–Crippen LogP) is 5.21. The topological polar surface area (TPSA) is 92.7 Å². The van der Waals surface area contributed by atoms with Crippen molar-refractivity contribution in [2.75, 3.05) is 11.6 Å². The Labute approximate surface area is 226 Å². The third-order valence-electron chi connectivity index (χ3n) is 6.32. The van der Waals surface area contributed by atoms with Crippen LogP contribution in [-0.4, -0.2) is 37.7 Å². The van der Waals surface area contributed by atoms with Gasteiger partial charge >= 0.3 is 11.7 Å². The number of anilines is 1. The van der Waals surface area contributed by atoms with Crippen molar-refractivity contribution in [2.24, 2.45) is 12.1 Å². The average Bonchev–Trinajstić information content (AvgIpc) is 3.51. The Kier molecular flexibility index (Phi) is 8.43. The Bertz CT molecular complexity index is 1480. The van der Waals surface area contributed by atoms with Gasteiger partial charge in [0.2, 0.25) is 5.95 Å². The van der Waals surface area contributed by atoms with Gasteiger partial charge in [-0.3, -0.25) is 4.57 Å². The Hall–Kier alpha value is -4.17. The van der Waals surface area contributed by atoms with Gasteiger partial charge in [0.05, 0.1) is 24.4 Å². The third-order valence-corrected chi connectivity index (χ3v) is 6.57. The summed E-state index contributed by atoms with van der Waals surface area (Å²) in [6, 6.07) is 24.4. The van der Waals surface area contributed by atoms with Gasteiger partial charge in [-0.2, -0.15) is 5.10 Å². The maximum absolute atomic E-state index is 12.9. The van der Waals surface area contributed by atoms with Gasteiger partial charge in [0.25, 0.3) is 0 Å². The molecule has 0 aliphatic carbocycles. The second-order valence-electron chi connectivity index (χ2n) is 8.65. The number of nitrogens with zero attached hydrogens (tertiary/aromatic N) is 5. The van der Waals surface area contributed by atoms with E-state index in [9.17, 15) is 9.59 Å². The second kappa shape index (κ2) is 11.9. The van der Waals surface area contributed by atoms with E-state index < -0.39 is 5.97 Å². The van der Waals surface area contributed by atoms with E-state index in [0.29, 0.717) is 30.5 Å². The maximum Gasteiger partial charge on any atom is 0.347 e. The van der Waals surface area contributed by atoms with Crippen molar-refractivity contribution in [3.8, 4) is 0 Å². The largest absolute Gasteiger partial charge is 0.478 e. The van der Waals surface area contributed by atoms with Crippen LogP contribution in [0.3, 0.4) is 0 Å². The Morgan fingerprint density at radius 2 is 1.66 bits per heavy atom. The molecule has 1 aliphatic heterocycles. The number of rotatable bonds is 7. The zero-order valence-corrected chi connectivity index (χ0v) is 22.3. The molecule has 0 fully saturated rings. The molecule has 2 heterocycles. The minimum atomic E-state index is -0.968. The molecule has 8 nitrogen and oxygen atoms in total. The minimum absolute atomic E-state index is 0.000349. The lowest BCUT2D eigenvalue weighted by Gasteiger charge is -2.15. The summed E-state index contributed by atoms with van der Waals surface area (Å²) in [5.74, 6) is -0.503. The average molecular weight is 532 g/mol. The van der Waals surface area contributed by atoms with Gasteiger partial charge in [-0.05, 0) is 47.4 Å². The summed E-state index contributed by atoms with van der Waals surface area (Å²) < 4.78 is 2.93. The molecule has 0 spiro atoms. The van der Waals surface area contributed by atoms with Crippen LogP contribution in [0.4, 0.5) is 5.95 Å². The van der Waals surface area contributed by atoms with Crippen LogP contribution >= 0.6 is 11.6 Å². The quantitative estimate of drug-likeness (QED) is 0.353. The molecular formula is C29H30ClN5O3. The van der Waals surface area contributed by atoms with Crippen molar-refractivity contribution in [1.82, 2.24) is 14.3 Å². The van der Waals surface area contributed by atoms with E-state index in [1.165, 1.54) is 9.25 Å². The molecule has 1 atom stereocenters. The number of carboxylic acids is 1. The van der Waals surface area contributed by atoms with E-state index in [1.807, 2.05) is 56.3 Å². The third kappa shape index (κ3) is 5.70. The highest BCUT2D eigenvalue weighted by molar-refractivity contribution is 6.30. The molecule has 5 rings (SSSR count). The van der Waals surface area contributed by atoms with E-state index in [-0.39, 0.29) is 17.2 Å². The van der Waals surface area contributed by atoms with Gasteiger partial charge in [-0.1, -0.05) is 80.0 Å². The van der Waals surface area contributed by atoms with E-state index in [0.717, 1.165) is 22.4 Å². The van der Waals surface area contributed by atoms with Crippen LogP contribution in [0.2, 0.25) is 5.02 Å². The lowest BCUT2D eigenvalue weighted by molar-refractivity contribution is 0.0697. The second-order valence-corrected chi connectivity index (χ2v) is 9.09. The van der Waals surface area contributed by atoms with Crippen molar-refractivity contribution in [1.29, 1.82) is 0 Å². The van der Waals surface area contributed by atoms with Crippen LogP contribution in [0, 0.1) is 0 Å². The highest BCUT2D eigenvalue weighted by Gasteiger charge is 2.32. The number of aromatic nitrogens is 3. The number of carboxylic acid groups (broad SMARTS) is 1. The SMILES string of the molecule is CC.Cn1c(N2CC(c3ccccc3)C(c3ccc(Cl)cc3)=N2)nn(CCc2ccc(C(=O)O)cc2)c1=O. The number of benzene rings is 3. The van der Waals surface area contributed by atoms with Crippen LogP contribution in [0.5, 0.6) is 0 Å². The Balaban J connectivity index is 0.00000164. The zero-order chi connectivity index (χ0) is 27.2. The number of carbonyl (C=O) groups is 1. The number of hydrogen-bond donors (Lipinski definition) is 1. The van der Waals surface area contributed by atoms with Crippen LogP contribution in [0.15, 0.2) is 88.8 Å². The summed E-state index contributed by atoms with van der Waals surface area (Å²) >= 11 is 6.11. The molecule has 1 aliphatic rings. The predicted molar refractivity (Wildman–Crippen MR) is 150 cm³/mol. The van der Waals surface area contributed by atoms with E-state index >= 15 is 0 Å².